The normalized spacial score (nSPS) is 31.7. The third kappa shape index (κ3) is 4.52. The van der Waals surface area contributed by atoms with E-state index in [-0.39, 0.29) is 0 Å². The van der Waals surface area contributed by atoms with E-state index in [4.69, 9.17) is 4.74 Å². The van der Waals surface area contributed by atoms with E-state index in [1.165, 1.54) is 45.2 Å². The monoisotopic (exact) mass is 254 g/mol. The summed E-state index contributed by atoms with van der Waals surface area (Å²) in [5.74, 6) is 0.919. The molecule has 1 N–H and O–H groups in total. The molecular formula is C15H30N2O. The summed E-state index contributed by atoms with van der Waals surface area (Å²) in [5, 5.41) is 3.38. The first-order chi connectivity index (χ1) is 8.75. The van der Waals surface area contributed by atoms with Gasteiger partial charge >= 0.3 is 0 Å². The number of likely N-dealkylation sites (tertiary alicyclic amines) is 1. The summed E-state index contributed by atoms with van der Waals surface area (Å²) in [6.45, 7) is 10.5. The molecule has 2 unspecified atom stereocenters. The van der Waals surface area contributed by atoms with Crippen LogP contribution in [0.15, 0.2) is 0 Å². The van der Waals surface area contributed by atoms with Gasteiger partial charge in [-0.2, -0.15) is 0 Å². The SMILES string of the molecule is CC1CCN(CCCOC2CCNCC2)C(C)C1. The van der Waals surface area contributed by atoms with Gasteiger partial charge in [0, 0.05) is 19.2 Å². The molecule has 2 fully saturated rings. The van der Waals surface area contributed by atoms with Gasteiger partial charge in [-0.3, -0.25) is 0 Å². The highest BCUT2D eigenvalue weighted by atomic mass is 16.5. The van der Waals surface area contributed by atoms with Crippen molar-refractivity contribution in [1.29, 1.82) is 0 Å². The number of rotatable bonds is 5. The fraction of sp³-hybridized carbons (Fsp3) is 1.00. The maximum absolute atomic E-state index is 5.96. The van der Waals surface area contributed by atoms with E-state index in [0.717, 1.165) is 31.7 Å². The maximum Gasteiger partial charge on any atom is 0.0599 e. The van der Waals surface area contributed by atoms with Crippen molar-refractivity contribution >= 4 is 0 Å². The van der Waals surface area contributed by atoms with E-state index < -0.39 is 0 Å². The molecule has 0 amide bonds. The third-order valence-electron chi connectivity index (χ3n) is 4.51. The standard InChI is InChI=1S/C15H30N2O/c1-13-6-10-17(14(2)12-13)9-3-11-18-15-4-7-16-8-5-15/h13-16H,3-12H2,1-2H3. The van der Waals surface area contributed by atoms with E-state index in [1.54, 1.807) is 0 Å². The molecule has 0 radical (unpaired) electrons. The Hall–Kier alpha value is -0.120. The van der Waals surface area contributed by atoms with Crippen LogP contribution < -0.4 is 5.32 Å². The molecule has 2 heterocycles. The van der Waals surface area contributed by atoms with E-state index in [1.807, 2.05) is 0 Å². The van der Waals surface area contributed by atoms with Gasteiger partial charge in [0.2, 0.25) is 0 Å². The average molecular weight is 254 g/mol. The number of ether oxygens (including phenoxy) is 1. The van der Waals surface area contributed by atoms with Crippen molar-refractivity contribution in [2.45, 2.75) is 58.1 Å². The summed E-state index contributed by atoms with van der Waals surface area (Å²) >= 11 is 0. The first-order valence-corrected chi connectivity index (χ1v) is 7.82. The molecule has 2 aliphatic rings. The summed E-state index contributed by atoms with van der Waals surface area (Å²) in [6.07, 6.45) is 6.84. The summed E-state index contributed by atoms with van der Waals surface area (Å²) in [6, 6.07) is 0.771. The molecule has 0 aliphatic carbocycles. The topological polar surface area (TPSA) is 24.5 Å². The molecule has 2 aliphatic heterocycles. The smallest absolute Gasteiger partial charge is 0.0599 e. The predicted molar refractivity (Wildman–Crippen MR) is 75.9 cm³/mol. The summed E-state index contributed by atoms with van der Waals surface area (Å²) < 4.78 is 5.96. The number of nitrogens with zero attached hydrogens (tertiary/aromatic N) is 1. The van der Waals surface area contributed by atoms with Gasteiger partial charge in [-0.25, -0.2) is 0 Å². The lowest BCUT2D eigenvalue weighted by atomic mass is 9.93. The van der Waals surface area contributed by atoms with Crippen LogP contribution in [0.5, 0.6) is 0 Å². The third-order valence-corrected chi connectivity index (χ3v) is 4.51. The molecule has 3 heteroatoms. The molecule has 0 bridgehead atoms. The van der Waals surface area contributed by atoms with Crippen molar-refractivity contribution in [3.63, 3.8) is 0 Å². The van der Waals surface area contributed by atoms with Gasteiger partial charge in [0.05, 0.1) is 6.10 Å². The van der Waals surface area contributed by atoms with Crippen molar-refractivity contribution in [2.24, 2.45) is 5.92 Å². The second kappa shape index (κ2) is 7.46. The van der Waals surface area contributed by atoms with Crippen LogP contribution in [0.1, 0.15) is 46.0 Å². The molecule has 0 aromatic rings. The largest absolute Gasteiger partial charge is 0.378 e. The van der Waals surface area contributed by atoms with Crippen molar-refractivity contribution in [1.82, 2.24) is 10.2 Å². The second-order valence-corrected chi connectivity index (χ2v) is 6.19. The Kier molecular flexibility index (Phi) is 5.93. The number of hydrogen-bond donors (Lipinski definition) is 1. The zero-order valence-corrected chi connectivity index (χ0v) is 12.2. The van der Waals surface area contributed by atoms with Crippen LogP contribution in [0, 0.1) is 5.92 Å². The molecule has 2 rings (SSSR count). The minimum Gasteiger partial charge on any atom is -0.378 e. The lowest BCUT2D eigenvalue weighted by Gasteiger charge is -2.36. The highest BCUT2D eigenvalue weighted by Gasteiger charge is 2.22. The van der Waals surface area contributed by atoms with Crippen LogP contribution in [0.4, 0.5) is 0 Å². The van der Waals surface area contributed by atoms with Crippen LogP contribution in [-0.4, -0.2) is 49.8 Å². The molecule has 3 nitrogen and oxygen atoms in total. The summed E-state index contributed by atoms with van der Waals surface area (Å²) in [7, 11) is 0. The van der Waals surface area contributed by atoms with Gasteiger partial charge in [0.15, 0.2) is 0 Å². The maximum atomic E-state index is 5.96. The number of nitrogens with one attached hydrogen (secondary N) is 1. The van der Waals surface area contributed by atoms with Crippen molar-refractivity contribution in [3.05, 3.63) is 0 Å². The Balaban J connectivity index is 1.54. The molecule has 18 heavy (non-hydrogen) atoms. The molecule has 2 atom stereocenters. The second-order valence-electron chi connectivity index (χ2n) is 6.19. The van der Waals surface area contributed by atoms with E-state index in [0.29, 0.717) is 6.10 Å². The van der Waals surface area contributed by atoms with Gasteiger partial charge in [0.1, 0.15) is 0 Å². The number of hydrogen-bond acceptors (Lipinski definition) is 3. The fourth-order valence-electron chi connectivity index (χ4n) is 3.27. The average Bonchev–Trinajstić information content (AvgIpc) is 2.38. The Bertz CT molecular complexity index is 229. The highest BCUT2D eigenvalue weighted by Crippen LogP contribution is 2.22. The van der Waals surface area contributed by atoms with Gasteiger partial charge < -0.3 is 15.0 Å². The summed E-state index contributed by atoms with van der Waals surface area (Å²) in [5.41, 5.74) is 0. The number of piperidine rings is 2. The molecule has 2 saturated heterocycles. The predicted octanol–water partition coefficient (Wildman–Crippen LogP) is 2.27. The van der Waals surface area contributed by atoms with Crippen LogP contribution in [-0.2, 0) is 4.74 Å². The van der Waals surface area contributed by atoms with E-state index in [9.17, 15) is 0 Å². The molecule has 0 aromatic heterocycles. The van der Waals surface area contributed by atoms with Crippen molar-refractivity contribution < 1.29 is 4.74 Å². The Morgan fingerprint density at radius 1 is 1.17 bits per heavy atom. The lowest BCUT2D eigenvalue weighted by Crippen LogP contribution is -2.41. The first-order valence-electron chi connectivity index (χ1n) is 7.82. The molecule has 0 saturated carbocycles. The van der Waals surface area contributed by atoms with Crippen LogP contribution in [0.25, 0.3) is 0 Å². The van der Waals surface area contributed by atoms with Crippen molar-refractivity contribution in [3.8, 4) is 0 Å². The molecule has 106 valence electrons. The Morgan fingerprint density at radius 3 is 2.67 bits per heavy atom. The van der Waals surface area contributed by atoms with Crippen molar-refractivity contribution in [2.75, 3.05) is 32.8 Å². The minimum atomic E-state index is 0.519. The minimum absolute atomic E-state index is 0.519. The Morgan fingerprint density at radius 2 is 1.94 bits per heavy atom. The van der Waals surface area contributed by atoms with E-state index >= 15 is 0 Å². The van der Waals surface area contributed by atoms with Gasteiger partial charge in [-0.05, 0) is 64.6 Å². The summed E-state index contributed by atoms with van der Waals surface area (Å²) in [4.78, 5) is 2.64. The van der Waals surface area contributed by atoms with Crippen LogP contribution in [0.3, 0.4) is 0 Å². The van der Waals surface area contributed by atoms with Gasteiger partial charge in [0.25, 0.3) is 0 Å². The molecule has 0 aromatic carbocycles. The quantitative estimate of drug-likeness (QED) is 0.762. The van der Waals surface area contributed by atoms with Gasteiger partial charge in [-0.15, -0.1) is 0 Å². The first kappa shape index (κ1) is 14.3. The Labute approximate surface area is 112 Å². The zero-order valence-electron chi connectivity index (χ0n) is 12.2. The zero-order chi connectivity index (χ0) is 12.8. The van der Waals surface area contributed by atoms with E-state index in [2.05, 4.69) is 24.1 Å². The lowest BCUT2D eigenvalue weighted by molar-refractivity contribution is 0.0232. The fourth-order valence-corrected chi connectivity index (χ4v) is 3.27. The molecule has 0 spiro atoms. The van der Waals surface area contributed by atoms with Gasteiger partial charge in [-0.1, -0.05) is 6.92 Å². The highest BCUT2D eigenvalue weighted by molar-refractivity contribution is 4.76. The van der Waals surface area contributed by atoms with Crippen LogP contribution in [0.2, 0.25) is 0 Å². The molecular weight excluding hydrogens is 224 g/mol. The van der Waals surface area contributed by atoms with Crippen LogP contribution >= 0.6 is 0 Å².